The molecule has 2 rings (SSSR count). The van der Waals surface area contributed by atoms with Crippen LogP contribution in [0.25, 0.3) is 0 Å². The molecule has 0 atom stereocenters. The van der Waals surface area contributed by atoms with Crippen LogP contribution in [-0.4, -0.2) is 30.5 Å². The summed E-state index contributed by atoms with van der Waals surface area (Å²) in [5.74, 6) is -1.37. The van der Waals surface area contributed by atoms with Crippen LogP contribution in [0.2, 0.25) is 0 Å². The topological polar surface area (TPSA) is 111 Å². The first-order valence-corrected chi connectivity index (χ1v) is 5.83. The number of carboxylic acid groups (broad SMARTS) is 1. The number of aromatic nitrogens is 3. The van der Waals surface area contributed by atoms with Gasteiger partial charge in [-0.3, -0.25) is 10.1 Å². The molecule has 1 N–H and O–H groups in total. The summed E-state index contributed by atoms with van der Waals surface area (Å²) in [4.78, 5) is 28.8. The van der Waals surface area contributed by atoms with Crippen molar-refractivity contribution in [3.63, 3.8) is 0 Å². The molecule has 0 aliphatic carbocycles. The van der Waals surface area contributed by atoms with Crippen LogP contribution < -0.4 is 0 Å². The van der Waals surface area contributed by atoms with Crippen molar-refractivity contribution in [2.75, 3.05) is 0 Å². The quantitative estimate of drug-likeness (QED) is 0.668. The van der Waals surface area contributed by atoms with Gasteiger partial charge in [0, 0.05) is 19.4 Å². The number of aromatic carboxylic acids is 1. The van der Waals surface area contributed by atoms with E-state index in [0.717, 1.165) is 18.0 Å². The zero-order valence-electron chi connectivity index (χ0n) is 9.68. The van der Waals surface area contributed by atoms with Crippen molar-refractivity contribution >= 4 is 23.4 Å². The van der Waals surface area contributed by atoms with Crippen LogP contribution in [0.3, 0.4) is 0 Å². The molecule has 0 spiro atoms. The smallest absolute Gasteiger partial charge is 0.342 e. The van der Waals surface area contributed by atoms with E-state index in [0.29, 0.717) is 10.2 Å². The molecule has 0 aromatic carbocycles. The van der Waals surface area contributed by atoms with E-state index in [4.69, 9.17) is 5.11 Å². The fourth-order valence-electron chi connectivity index (χ4n) is 1.35. The van der Waals surface area contributed by atoms with Gasteiger partial charge >= 0.3 is 11.7 Å². The number of nitro groups is 1. The molecule has 2 heterocycles. The van der Waals surface area contributed by atoms with Gasteiger partial charge in [-0.25, -0.2) is 14.8 Å². The molecule has 0 aliphatic heterocycles. The lowest BCUT2D eigenvalue weighted by molar-refractivity contribution is -0.385. The number of carboxylic acids is 1. The van der Waals surface area contributed by atoms with Crippen LogP contribution in [0.4, 0.5) is 5.69 Å². The second-order valence-electron chi connectivity index (χ2n) is 3.52. The predicted octanol–water partition coefficient (Wildman–Crippen LogP) is 1.57. The maximum Gasteiger partial charge on any atom is 0.342 e. The molecule has 2 aromatic heterocycles. The van der Waals surface area contributed by atoms with Crippen molar-refractivity contribution in [2.45, 2.75) is 10.2 Å². The van der Waals surface area contributed by atoms with E-state index < -0.39 is 22.1 Å². The van der Waals surface area contributed by atoms with E-state index in [-0.39, 0.29) is 0 Å². The molecule has 8 nitrogen and oxygen atoms in total. The maximum atomic E-state index is 11.0. The SMILES string of the molecule is Cn1ccnc1Sc1cc(C(=O)O)c([N+](=O)[O-])cn1. The zero-order chi connectivity index (χ0) is 14.0. The molecular formula is C10H8N4O4S. The Morgan fingerprint density at radius 2 is 2.26 bits per heavy atom. The monoisotopic (exact) mass is 280 g/mol. The van der Waals surface area contributed by atoms with Gasteiger partial charge in [-0.05, 0) is 17.8 Å². The van der Waals surface area contributed by atoms with E-state index in [1.165, 1.54) is 6.07 Å². The lowest BCUT2D eigenvalue weighted by Gasteiger charge is -2.02. The summed E-state index contributed by atoms with van der Waals surface area (Å²) in [6.07, 6.45) is 4.26. The lowest BCUT2D eigenvalue weighted by Crippen LogP contribution is -2.04. The maximum absolute atomic E-state index is 11.0. The molecule has 0 bridgehead atoms. The second-order valence-corrected chi connectivity index (χ2v) is 4.51. The fraction of sp³-hybridized carbons (Fsp3) is 0.100. The number of pyridine rings is 1. The molecule has 0 saturated carbocycles. The van der Waals surface area contributed by atoms with Gasteiger partial charge in [-0.15, -0.1) is 0 Å². The van der Waals surface area contributed by atoms with Gasteiger partial charge in [0.2, 0.25) is 0 Å². The van der Waals surface area contributed by atoms with E-state index in [1.807, 2.05) is 0 Å². The highest BCUT2D eigenvalue weighted by Gasteiger charge is 2.21. The molecule has 9 heteroatoms. The highest BCUT2D eigenvalue weighted by atomic mass is 32.2. The number of hydrogen-bond acceptors (Lipinski definition) is 6. The molecule has 0 unspecified atom stereocenters. The summed E-state index contributed by atoms with van der Waals surface area (Å²) in [7, 11) is 1.78. The van der Waals surface area contributed by atoms with Crippen LogP contribution >= 0.6 is 11.8 Å². The molecule has 0 fully saturated rings. The first-order chi connectivity index (χ1) is 8.99. The Bertz CT molecular complexity index is 655. The molecule has 0 saturated heterocycles. The van der Waals surface area contributed by atoms with Gasteiger partial charge in [-0.1, -0.05) is 0 Å². The number of hydrogen-bond donors (Lipinski definition) is 1. The normalized spacial score (nSPS) is 10.4. The van der Waals surface area contributed by atoms with E-state index in [2.05, 4.69) is 9.97 Å². The minimum absolute atomic E-state index is 0.331. The Hall–Kier alpha value is -2.42. The number of nitrogens with zero attached hydrogens (tertiary/aromatic N) is 4. The third-order valence-electron chi connectivity index (χ3n) is 2.26. The Labute approximate surface area is 111 Å². The van der Waals surface area contributed by atoms with Crippen LogP contribution in [-0.2, 0) is 7.05 Å². The Morgan fingerprint density at radius 1 is 1.53 bits per heavy atom. The minimum Gasteiger partial charge on any atom is -0.477 e. The summed E-state index contributed by atoms with van der Waals surface area (Å²) in [6.45, 7) is 0. The van der Waals surface area contributed by atoms with Crippen molar-refractivity contribution < 1.29 is 14.8 Å². The summed E-state index contributed by atoms with van der Waals surface area (Å²) in [5, 5.41) is 20.6. The summed E-state index contributed by atoms with van der Waals surface area (Å²) < 4.78 is 1.73. The van der Waals surface area contributed by atoms with Crippen molar-refractivity contribution in [1.82, 2.24) is 14.5 Å². The fourth-order valence-corrected chi connectivity index (χ4v) is 2.13. The standard InChI is InChI=1S/C10H8N4O4S/c1-13-3-2-11-10(13)19-8-4-6(9(15)16)7(5-12-8)14(17)18/h2-5H,1H3,(H,15,16). The summed E-state index contributed by atoms with van der Waals surface area (Å²) in [6, 6.07) is 1.17. The summed E-state index contributed by atoms with van der Waals surface area (Å²) in [5.41, 5.74) is -0.923. The van der Waals surface area contributed by atoms with Crippen molar-refractivity contribution in [3.8, 4) is 0 Å². The molecule has 0 aliphatic rings. The molecule has 19 heavy (non-hydrogen) atoms. The zero-order valence-corrected chi connectivity index (χ0v) is 10.5. The Morgan fingerprint density at radius 3 is 2.79 bits per heavy atom. The van der Waals surface area contributed by atoms with Gasteiger partial charge < -0.3 is 9.67 Å². The first-order valence-electron chi connectivity index (χ1n) is 5.02. The van der Waals surface area contributed by atoms with E-state index in [1.54, 1.807) is 24.0 Å². The van der Waals surface area contributed by atoms with Gasteiger partial charge in [0.1, 0.15) is 16.8 Å². The predicted molar refractivity (Wildman–Crippen MR) is 65.2 cm³/mol. The third kappa shape index (κ3) is 2.71. The van der Waals surface area contributed by atoms with Crippen LogP contribution in [0.15, 0.2) is 34.8 Å². The molecule has 2 aromatic rings. The second kappa shape index (κ2) is 5.06. The molecule has 98 valence electrons. The largest absolute Gasteiger partial charge is 0.477 e. The number of rotatable bonds is 4. The molecule has 0 radical (unpaired) electrons. The van der Waals surface area contributed by atoms with Crippen LogP contribution in [0, 0.1) is 10.1 Å². The lowest BCUT2D eigenvalue weighted by atomic mass is 10.2. The van der Waals surface area contributed by atoms with Gasteiger partial charge in [-0.2, -0.15) is 0 Å². The molecule has 0 amide bonds. The Kier molecular flexibility index (Phi) is 3.47. The van der Waals surface area contributed by atoms with Gasteiger partial charge in [0.15, 0.2) is 5.16 Å². The minimum atomic E-state index is -1.37. The first kappa shape index (κ1) is 13.0. The van der Waals surface area contributed by atoms with Crippen molar-refractivity contribution in [1.29, 1.82) is 0 Å². The van der Waals surface area contributed by atoms with E-state index >= 15 is 0 Å². The average molecular weight is 280 g/mol. The van der Waals surface area contributed by atoms with E-state index in [9.17, 15) is 14.9 Å². The number of aryl methyl sites for hydroxylation is 1. The average Bonchev–Trinajstić information content (AvgIpc) is 2.74. The van der Waals surface area contributed by atoms with Gasteiger partial charge in [0.25, 0.3) is 0 Å². The van der Waals surface area contributed by atoms with Crippen molar-refractivity contribution in [2.24, 2.45) is 7.05 Å². The number of imidazole rings is 1. The van der Waals surface area contributed by atoms with Gasteiger partial charge in [0.05, 0.1) is 4.92 Å². The Balaban J connectivity index is 2.39. The summed E-state index contributed by atoms with van der Waals surface area (Å²) >= 11 is 1.13. The number of carbonyl (C=O) groups is 1. The van der Waals surface area contributed by atoms with Crippen molar-refractivity contribution in [3.05, 3.63) is 40.3 Å². The highest BCUT2D eigenvalue weighted by molar-refractivity contribution is 7.99. The van der Waals surface area contributed by atoms with Crippen LogP contribution in [0.5, 0.6) is 0 Å². The molecular weight excluding hydrogens is 272 g/mol. The van der Waals surface area contributed by atoms with Crippen LogP contribution in [0.1, 0.15) is 10.4 Å². The third-order valence-corrected chi connectivity index (χ3v) is 3.27. The highest BCUT2D eigenvalue weighted by Crippen LogP contribution is 2.27.